The first kappa shape index (κ1) is 26.1. The van der Waals surface area contributed by atoms with Crippen LogP contribution in [0, 0.1) is 12.7 Å². The topological polar surface area (TPSA) is 76.1 Å². The lowest BCUT2D eigenvalue weighted by molar-refractivity contribution is -0.140. The van der Waals surface area contributed by atoms with Crippen LogP contribution in [0.2, 0.25) is 0 Å². The summed E-state index contributed by atoms with van der Waals surface area (Å²) in [6, 6.07) is 19.6. The van der Waals surface area contributed by atoms with Crippen molar-refractivity contribution in [2.45, 2.75) is 39.5 Å². The molecule has 0 radical (unpaired) electrons. The van der Waals surface area contributed by atoms with Gasteiger partial charge in [-0.2, -0.15) is 0 Å². The Balaban J connectivity index is 1.69. The fourth-order valence-electron chi connectivity index (χ4n) is 4.37. The Morgan fingerprint density at radius 3 is 2.41 bits per heavy atom. The number of aryl methyl sites for hydroxylation is 1. The number of Topliss-reactive ketones (excluding diaryl/α,β-unsaturated/α-hetero) is 1. The van der Waals surface area contributed by atoms with Crippen LogP contribution in [0.3, 0.4) is 0 Å². The standard InChI is InChI=1S/C30H30FNO5/c1-19(2)36-16-15-32-27(23-11-7-8-12-24(23)31)26(29(34)30(32)35)28(33)22-13-14-25(20(3)17-22)37-18-21-9-5-4-6-10-21/h4-14,17,19,27,33H,15-16,18H2,1-3H3/b28-26+. The Morgan fingerprint density at radius 2 is 1.73 bits per heavy atom. The van der Waals surface area contributed by atoms with Crippen molar-refractivity contribution in [1.82, 2.24) is 4.90 Å². The maximum absolute atomic E-state index is 14.9. The fourth-order valence-corrected chi connectivity index (χ4v) is 4.37. The largest absolute Gasteiger partial charge is 0.507 e. The van der Waals surface area contributed by atoms with Crippen molar-refractivity contribution in [2.75, 3.05) is 13.2 Å². The van der Waals surface area contributed by atoms with E-state index in [0.29, 0.717) is 17.9 Å². The van der Waals surface area contributed by atoms with Gasteiger partial charge < -0.3 is 19.5 Å². The van der Waals surface area contributed by atoms with Gasteiger partial charge in [-0.3, -0.25) is 9.59 Å². The summed E-state index contributed by atoms with van der Waals surface area (Å²) in [5, 5.41) is 11.3. The Hall–Kier alpha value is -3.97. The molecule has 1 aliphatic heterocycles. The van der Waals surface area contributed by atoms with Crippen molar-refractivity contribution in [1.29, 1.82) is 0 Å². The van der Waals surface area contributed by atoms with Crippen molar-refractivity contribution in [3.05, 3.63) is 106 Å². The first-order chi connectivity index (χ1) is 17.8. The SMILES string of the molecule is Cc1cc(/C(O)=C2\C(=O)C(=O)N(CCOC(C)C)C2c2ccccc2F)ccc1OCc1ccccc1. The first-order valence-electron chi connectivity index (χ1n) is 12.2. The fraction of sp³-hybridized carbons (Fsp3) is 0.267. The second-order valence-electron chi connectivity index (χ2n) is 9.19. The molecule has 1 atom stereocenters. The molecule has 37 heavy (non-hydrogen) atoms. The minimum atomic E-state index is -1.08. The van der Waals surface area contributed by atoms with Gasteiger partial charge in [0.1, 0.15) is 23.9 Å². The van der Waals surface area contributed by atoms with E-state index in [-0.39, 0.29) is 36.2 Å². The molecule has 4 rings (SSSR count). The van der Waals surface area contributed by atoms with E-state index in [1.165, 1.54) is 23.1 Å². The Labute approximate surface area is 215 Å². The van der Waals surface area contributed by atoms with Crippen LogP contribution in [0.5, 0.6) is 5.75 Å². The summed E-state index contributed by atoms with van der Waals surface area (Å²) >= 11 is 0. The highest BCUT2D eigenvalue weighted by Gasteiger charge is 2.46. The van der Waals surface area contributed by atoms with Gasteiger partial charge in [0.25, 0.3) is 11.7 Å². The van der Waals surface area contributed by atoms with Gasteiger partial charge in [-0.1, -0.05) is 48.5 Å². The Morgan fingerprint density at radius 1 is 1.03 bits per heavy atom. The van der Waals surface area contributed by atoms with E-state index in [0.717, 1.165) is 11.1 Å². The van der Waals surface area contributed by atoms with Gasteiger partial charge in [-0.15, -0.1) is 0 Å². The van der Waals surface area contributed by atoms with Crippen molar-refractivity contribution in [3.63, 3.8) is 0 Å². The van der Waals surface area contributed by atoms with Gasteiger partial charge in [0, 0.05) is 17.7 Å². The van der Waals surface area contributed by atoms with Crippen LogP contribution < -0.4 is 4.74 Å². The third-order valence-electron chi connectivity index (χ3n) is 6.21. The summed E-state index contributed by atoms with van der Waals surface area (Å²) in [6.07, 6.45) is -0.0747. The van der Waals surface area contributed by atoms with Gasteiger partial charge in [0.2, 0.25) is 0 Å². The second-order valence-corrected chi connectivity index (χ2v) is 9.19. The number of aliphatic hydroxyl groups excluding tert-OH is 1. The van der Waals surface area contributed by atoms with E-state index < -0.39 is 23.5 Å². The molecule has 0 aliphatic carbocycles. The molecule has 1 fully saturated rings. The number of ketones is 1. The van der Waals surface area contributed by atoms with Crippen molar-refractivity contribution in [2.24, 2.45) is 0 Å². The average Bonchev–Trinajstić information content (AvgIpc) is 3.13. The molecule has 3 aromatic carbocycles. The normalized spacial score (nSPS) is 17.0. The molecule has 1 saturated heterocycles. The molecule has 0 bridgehead atoms. The van der Waals surface area contributed by atoms with Crippen LogP contribution >= 0.6 is 0 Å². The highest BCUT2D eigenvalue weighted by atomic mass is 19.1. The third-order valence-corrected chi connectivity index (χ3v) is 6.21. The van der Waals surface area contributed by atoms with E-state index >= 15 is 0 Å². The lowest BCUT2D eigenvalue weighted by Gasteiger charge is -2.26. The number of amides is 1. The molecule has 1 N–H and O–H groups in total. The number of carbonyl (C=O) groups excluding carboxylic acids is 2. The molecule has 3 aromatic rings. The maximum atomic E-state index is 14.9. The van der Waals surface area contributed by atoms with E-state index in [1.807, 2.05) is 51.1 Å². The average molecular weight is 504 g/mol. The summed E-state index contributed by atoms with van der Waals surface area (Å²) in [7, 11) is 0. The van der Waals surface area contributed by atoms with Crippen LogP contribution in [-0.4, -0.2) is 41.0 Å². The number of likely N-dealkylation sites (tertiary alicyclic amines) is 1. The zero-order valence-electron chi connectivity index (χ0n) is 21.1. The molecule has 1 unspecified atom stereocenters. The summed E-state index contributed by atoms with van der Waals surface area (Å²) < 4.78 is 26.4. The molecule has 6 nitrogen and oxygen atoms in total. The lowest BCUT2D eigenvalue weighted by atomic mass is 9.94. The van der Waals surface area contributed by atoms with Crippen molar-refractivity contribution in [3.8, 4) is 5.75 Å². The summed E-state index contributed by atoms with van der Waals surface area (Å²) in [4.78, 5) is 27.4. The zero-order chi connectivity index (χ0) is 26.5. The van der Waals surface area contributed by atoms with Crippen LogP contribution in [0.4, 0.5) is 4.39 Å². The number of ether oxygens (including phenoxy) is 2. The van der Waals surface area contributed by atoms with Gasteiger partial charge in [-0.05, 0) is 56.2 Å². The van der Waals surface area contributed by atoms with E-state index in [9.17, 15) is 19.1 Å². The predicted octanol–water partition coefficient (Wildman–Crippen LogP) is 5.56. The minimum Gasteiger partial charge on any atom is -0.507 e. The van der Waals surface area contributed by atoms with Gasteiger partial charge in [0.15, 0.2) is 0 Å². The Bertz CT molecular complexity index is 1320. The molecule has 1 amide bonds. The smallest absolute Gasteiger partial charge is 0.295 e. The molecule has 1 aliphatic rings. The van der Waals surface area contributed by atoms with Crippen LogP contribution in [0.1, 0.15) is 42.1 Å². The number of nitrogens with zero attached hydrogens (tertiary/aromatic N) is 1. The lowest BCUT2D eigenvalue weighted by Crippen LogP contribution is -2.33. The Kier molecular flexibility index (Phi) is 8.04. The van der Waals surface area contributed by atoms with E-state index in [2.05, 4.69) is 0 Å². The monoisotopic (exact) mass is 503 g/mol. The number of hydrogen-bond acceptors (Lipinski definition) is 5. The van der Waals surface area contributed by atoms with Gasteiger partial charge >= 0.3 is 0 Å². The number of halogens is 1. The quantitative estimate of drug-likeness (QED) is 0.235. The van der Waals surface area contributed by atoms with Gasteiger partial charge in [0.05, 0.1) is 24.3 Å². The van der Waals surface area contributed by atoms with Crippen LogP contribution in [0.25, 0.3) is 5.76 Å². The van der Waals surface area contributed by atoms with Crippen molar-refractivity contribution >= 4 is 17.4 Å². The molecular formula is C30H30FNO5. The number of hydrogen-bond donors (Lipinski definition) is 1. The van der Waals surface area contributed by atoms with Crippen molar-refractivity contribution < 1.29 is 28.6 Å². The summed E-state index contributed by atoms with van der Waals surface area (Å²) in [5.74, 6) is -1.98. The summed E-state index contributed by atoms with van der Waals surface area (Å²) in [5.41, 5.74) is 2.06. The molecular weight excluding hydrogens is 473 g/mol. The molecule has 7 heteroatoms. The maximum Gasteiger partial charge on any atom is 0.295 e. The second kappa shape index (κ2) is 11.4. The van der Waals surface area contributed by atoms with Gasteiger partial charge in [-0.25, -0.2) is 4.39 Å². The van der Waals surface area contributed by atoms with Crippen LogP contribution in [0.15, 0.2) is 78.4 Å². The molecule has 192 valence electrons. The summed E-state index contributed by atoms with van der Waals surface area (Å²) in [6.45, 7) is 6.17. The molecule has 0 aromatic heterocycles. The van der Waals surface area contributed by atoms with Crippen LogP contribution in [-0.2, 0) is 20.9 Å². The van der Waals surface area contributed by atoms with E-state index in [4.69, 9.17) is 9.47 Å². The minimum absolute atomic E-state index is 0.0732. The number of carbonyl (C=O) groups is 2. The molecule has 0 spiro atoms. The first-order valence-corrected chi connectivity index (χ1v) is 12.2. The highest BCUT2D eigenvalue weighted by molar-refractivity contribution is 6.46. The molecule has 0 saturated carbocycles. The molecule has 1 heterocycles. The van der Waals surface area contributed by atoms with E-state index in [1.54, 1.807) is 24.3 Å². The number of rotatable bonds is 9. The predicted molar refractivity (Wildman–Crippen MR) is 138 cm³/mol. The number of aliphatic hydroxyl groups is 1. The number of benzene rings is 3. The highest BCUT2D eigenvalue weighted by Crippen LogP contribution is 2.40. The zero-order valence-corrected chi connectivity index (χ0v) is 21.1. The third kappa shape index (κ3) is 5.73.